The third-order valence-electron chi connectivity index (χ3n) is 4.31. The Morgan fingerprint density at radius 3 is 3.21 bits per heavy atom. The van der Waals surface area contributed by atoms with Crippen molar-refractivity contribution in [3.63, 3.8) is 0 Å². The average Bonchev–Trinajstić information content (AvgIpc) is 2.96. The van der Waals surface area contributed by atoms with E-state index in [-0.39, 0.29) is 0 Å². The second-order valence-electron chi connectivity index (χ2n) is 5.68. The molecule has 2 unspecified atom stereocenters. The van der Waals surface area contributed by atoms with E-state index >= 15 is 0 Å². The van der Waals surface area contributed by atoms with Gasteiger partial charge in [0, 0.05) is 31.4 Å². The summed E-state index contributed by atoms with van der Waals surface area (Å²) in [6.45, 7) is 9.45. The third kappa shape index (κ3) is 4.62. The molecule has 0 spiro atoms. The van der Waals surface area contributed by atoms with Gasteiger partial charge in [-0.25, -0.2) is 4.98 Å². The minimum atomic E-state index is 0.631. The Balaban J connectivity index is 1.62. The largest absolute Gasteiger partial charge is 0.349 e. The summed E-state index contributed by atoms with van der Waals surface area (Å²) in [5.41, 5.74) is 0. The van der Waals surface area contributed by atoms with Crippen molar-refractivity contribution in [2.24, 2.45) is 5.92 Å². The predicted octanol–water partition coefficient (Wildman–Crippen LogP) is 2.05. The van der Waals surface area contributed by atoms with E-state index in [0.717, 1.165) is 31.1 Å². The molecule has 2 heterocycles. The summed E-state index contributed by atoms with van der Waals surface area (Å²) in [5, 5.41) is 3.69. The Kier molecular flexibility index (Phi) is 5.86. The maximum absolute atomic E-state index is 4.25. The number of nitrogens with one attached hydrogen (secondary N) is 2. The first kappa shape index (κ1) is 14.5. The lowest BCUT2D eigenvalue weighted by Crippen LogP contribution is -2.44. The van der Waals surface area contributed by atoms with Gasteiger partial charge in [0.25, 0.3) is 0 Å². The van der Waals surface area contributed by atoms with Crippen molar-refractivity contribution in [3.05, 3.63) is 18.2 Å². The second kappa shape index (κ2) is 7.65. The summed E-state index contributed by atoms with van der Waals surface area (Å²) in [7, 11) is 0. The van der Waals surface area contributed by atoms with E-state index in [2.05, 4.69) is 34.0 Å². The molecule has 1 fully saturated rings. The number of hydrogen-bond acceptors (Lipinski definition) is 3. The minimum absolute atomic E-state index is 0.631. The molecular formula is C15H28N4. The van der Waals surface area contributed by atoms with Crippen LogP contribution in [0.25, 0.3) is 0 Å². The molecule has 0 amide bonds. The summed E-state index contributed by atoms with van der Waals surface area (Å²) in [5.74, 6) is 1.92. The number of hydrogen-bond donors (Lipinski definition) is 2. The van der Waals surface area contributed by atoms with Gasteiger partial charge in [0.05, 0.1) is 0 Å². The lowest BCUT2D eigenvalue weighted by molar-refractivity contribution is 0.157. The first-order valence-corrected chi connectivity index (χ1v) is 7.73. The van der Waals surface area contributed by atoms with Crippen molar-refractivity contribution < 1.29 is 0 Å². The Bertz CT molecular complexity index is 336. The maximum atomic E-state index is 4.25. The van der Waals surface area contributed by atoms with Gasteiger partial charge in [-0.05, 0) is 51.7 Å². The Hall–Kier alpha value is -0.870. The normalized spacial score (nSPS) is 22.5. The number of rotatable bonds is 7. The van der Waals surface area contributed by atoms with Crippen LogP contribution in [0.5, 0.6) is 0 Å². The van der Waals surface area contributed by atoms with Gasteiger partial charge in [-0.2, -0.15) is 0 Å². The van der Waals surface area contributed by atoms with Crippen molar-refractivity contribution in [1.82, 2.24) is 20.2 Å². The molecule has 1 aromatic heterocycles. The lowest BCUT2D eigenvalue weighted by atomic mass is 9.91. The highest BCUT2D eigenvalue weighted by atomic mass is 15.1. The topological polar surface area (TPSA) is 44.0 Å². The van der Waals surface area contributed by atoms with Gasteiger partial charge in [0.1, 0.15) is 5.82 Å². The van der Waals surface area contributed by atoms with E-state index in [0.29, 0.717) is 6.04 Å². The van der Waals surface area contributed by atoms with Crippen LogP contribution in [0.4, 0.5) is 0 Å². The molecular weight excluding hydrogens is 236 g/mol. The van der Waals surface area contributed by atoms with Crippen LogP contribution in [0.15, 0.2) is 12.4 Å². The number of aryl methyl sites for hydroxylation is 1. The third-order valence-corrected chi connectivity index (χ3v) is 4.31. The number of H-pyrrole nitrogens is 1. The highest BCUT2D eigenvalue weighted by Crippen LogP contribution is 2.19. The number of nitrogens with zero attached hydrogens (tertiary/aromatic N) is 2. The molecule has 0 radical (unpaired) electrons. The van der Waals surface area contributed by atoms with E-state index in [1.165, 1.54) is 32.5 Å². The number of aromatic amines is 1. The monoisotopic (exact) mass is 264 g/mol. The summed E-state index contributed by atoms with van der Waals surface area (Å²) in [4.78, 5) is 9.99. The fourth-order valence-corrected chi connectivity index (χ4v) is 2.97. The van der Waals surface area contributed by atoms with Crippen molar-refractivity contribution in [2.45, 2.75) is 45.6 Å². The molecule has 4 nitrogen and oxygen atoms in total. The SMILES string of the molecule is CCN1CCCC(C(C)NCCCc2ncc[nH]2)C1. The quantitative estimate of drug-likeness (QED) is 0.741. The van der Waals surface area contributed by atoms with Crippen LogP contribution in [0.2, 0.25) is 0 Å². The van der Waals surface area contributed by atoms with Gasteiger partial charge in [0.15, 0.2) is 0 Å². The second-order valence-corrected chi connectivity index (χ2v) is 5.68. The zero-order valence-electron chi connectivity index (χ0n) is 12.4. The molecule has 2 N–H and O–H groups in total. The molecule has 0 bridgehead atoms. The molecule has 1 aliphatic rings. The van der Waals surface area contributed by atoms with Gasteiger partial charge < -0.3 is 15.2 Å². The zero-order valence-corrected chi connectivity index (χ0v) is 12.4. The molecule has 4 heteroatoms. The molecule has 2 rings (SSSR count). The summed E-state index contributed by atoms with van der Waals surface area (Å²) >= 11 is 0. The van der Waals surface area contributed by atoms with Crippen LogP contribution in [-0.2, 0) is 6.42 Å². The fraction of sp³-hybridized carbons (Fsp3) is 0.800. The van der Waals surface area contributed by atoms with Crippen LogP contribution >= 0.6 is 0 Å². The van der Waals surface area contributed by atoms with E-state index < -0.39 is 0 Å². The number of imidazole rings is 1. The van der Waals surface area contributed by atoms with E-state index in [1.807, 2.05) is 12.4 Å². The van der Waals surface area contributed by atoms with E-state index in [9.17, 15) is 0 Å². The van der Waals surface area contributed by atoms with E-state index in [1.54, 1.807) is 0 Å². The van der Waals surface area contributed by atoms with Crippen LogP contribution in [0, 0.1) is 5.92 Å². The Labute approximate surface area is 117 Å². The standard InChI is InChI=1S/C15H28N4/c1-3-19-11-5-6-14(12-19)13(2)16-8-4-7-15-17-9-10-18-15/h9-10,13-14,16H,3-8,11-12H2,1-2H3,(H,17,18). The zero-order chi connectivity index (χ0) is 13.5. The van der Waals surface area contributed by atoms with Gasteiger partial charge in [-0.1, -0.05) is 6.92 Å². The molecule has 1 aliphatic heterocycles. The van der Waals surface area contributed by atoms with Crippen molar-refractivity contribution in [3.8, 4) is 0 Å². The highest BCUT2D eigenvalue weighted by Gasteiger charge is 2.23. The highest BCUT2D eigenvalue weighted by molar-refractivity contribution is 4.87. The van der Waals surface area contributed by atoms with Crippen molar-refractivity contribution >= 4 is 0 Å². The fourth-order valence-electron chi connectivity index (χ4n) is 2.97. The Morgan fingerprint density at radius 2 is 2.47 bits per heavy atom. The van der Waals surface area contributed by atoms with Crippen LogP contribution < -0.4 is 5.32 Å². The van der Waals surface area contributed by atoms with Gasteiger partial charge in [-0.3, -0.25) is 0 Å². The van der Waals surface area contributed by atoms with Gasteiger partial charge in [0.2, 0.25) is 0 Å². The Morgan fingerprint density at radius 1 is 1.58 bits per heavy atom. The van der Waals surface area contributed by atoms with Crippen LogP contribution in [0.3, 0.4) is 0 Å². The molecule has 0 aliphatic carbocycles. The molecule has 0 aromatic carbocycles. The van der Waals surface area contributed by atoms with Crippen molar-refractivity contribution in [2.75, 3.05) is 26.2 Å². The van der Waals surface area contributed by atoms with Crippen LogP contribution in [0.1, 0.15) is 38.9 Å². The predicted molar refractivity (Wildman–Crippen MR) is 79.2 cm³/mol. The first-order valence-electron chi connectivity index (χ1n) is 7.73. The van der Waals surface area contributed by atoms with Crippen LogP contribution in [-0.4, -0.2) is 47.1 Å². The molecule has 1 saturated heterocycles. The van der Waals surface area contributed by atoms with Gasteiger partial charge >= 0.3 is 0 Å². The van der Waals surface area contributed by atoms with E-state index in [4.69, 9.17) is 0 Å². The molecule has 0 saturated carbocycles. The number of likely N-dealkylation sites (tertiary alicyclic amines) is 1. The minimum Gasteiger partial charge on any atom is -0.349 e. The van der Waals surface area contributed by atoms with Gasteiger partial charge in [-0.15, -0.1) is 0 Å². The number of aromatic nitrogens is 2. The lowest BCUT2D eigenvalue weighted by Gasteiger charge is -2.35. The summed E-state index contributed by atoms with van der Waals surface area (Å²) in [6.07, 6.45) is 8.65. The summed E-state index contributed by atoms with van der Waals surface area (Å²) in [6, 6.07) is 0.631. The molecule has 1 aromatic rings. The van der Waals surface area contributed by atoms with Crippen molar-refractivity contribution in [1.29, 1.82) is 0 Å². The molecule has 2 atom stereocenters. The number of piperidine rings is 1. The first-order chi connectivity index (χ1) is 9.29. The molecule has 19 heavy (non-hydrogen) atoms. The summed E-state index contributed by atoms with van der Waals surface area (Å²) < 4.78 is 0. The molecule has 108 valence electrons. The average molecular weight is 264 g/mol. The smallest absolute Gasteiger partial charge is 0.106 e. The maximum Gasteiger partial charge on any atom is 0.106 e.